The first-order valence-corrected chi connectivity index (χ1v) is 69.0. The van der Waals surface area contributed by atoms with Crippen molar-refractivity contribution in [3.05, 3.63) is 0 Å². The lowest BCUT2D eigenvalue weighted by Gasteiger charge is -2.38. The third-order valence-corrected chi connectivity index (χ3v) is 46.3. The lowest BCUT2D eigenvalue weighted by molar-refractivity contribution is 0.0474. The van der Waals surface area contributed by atoms with E-state index in [0.29, 0.717) is 26.4 Å². The van der Waals surface area contributed by atoms with E-state index in [1.54, 1.807) is 14.2 Å². The van der Waals surface area contributed by atoms with E-state index in [9.17, 15) is 0 Å². The van der Waals surface area contributed by atoms with Gasteiger partial charge >= 0.3 is 34.7 Å². The Morgan fingerprint density at radius 1 is 0.263 bits per heavy atom. The average molecular weight is 1330 g/mol. The highest BCUT2D eigenvalue weighted by atomic mass is 28.5. The molecule has 0 amide bonds. The molecule has 0 saturated heterocycles. The molecule has 0 atom stereocenters. The molecule has 0 aromatic rings. The van der Waals surface area contributed by atoms with Crippen LogP contribution in [0, 0.1) is 0 Å². The van der Waals surface area contributed by atoms with E-state index >= 15 is 0 Å². The number of rotatable bonds is 34. The van der Waals surface area contributed by atoms with Gasteiger partial charge in [0.1, 0.15) is 0 Å². The highest BCUT2D eigenvalue weighted by molar-refractivity contribution is 6.89. The molecule has 0 bridgehead atoms. The Morgan fingerprint density at radius 2 is 0.434 bits per heavy atom. The summed E-state index contributed by atoms with van der Waals surface area (Å²) in [7, 11) is -21.2. The Morgan fingerprint density at radius 3 is 0.579 bits per heavy atom. The van der Waals surface area contributed by atoms with Crippen molar-refractivity contribution in [1.29, 1.82) is 0 Å². The molecule has 0 aromatic carbocycles. The normalized spacial score (nSPS) is 13.4. The van der Waals surface area contributed by atoms with Gasteiger partial charge in [-0.1, -0.05) is 29.7 Å². The van der Waals surface area contributed by atoms with Crippen molar-refractivity contribution in [2.45, 2.75) is 264 Å². The van der Waals surface area contributed by atoms with Crippen molar-refractivity contribution in [2.24, 2.45) is 0 Å². The molecule has 0 fully saturated rings. The van der Waals surface area contributed by atoms with Gasteiger partial charge < -0.3 is 60.1 Å². The highest BCUT2D eigenvalue weighted by Crippen LogP contribution is 2.28. The van der Waals surface area contributed by atoms with E-state index in [4.69, 9.17) is 60.1 Å². The lowest BCUT2D eigenvalue weighted by atomic mass is 10.5. The molecule has 472 valence electrons. The highest BCUT2D eigenvalue weighted by Gasteiger charge is 2.46. The minimum absolute atomic E-state index is 0. The topological polar surface area (TPSA) is 129 Å². The second-order valence-electron chi connectivity index (χ2n) is 27.4. The molecular weight excluding hydrogens is 1190 g/mol. The first kappa shape index (κ1) is 94.8. The zero-order chi connectivity index (χ0) is 58.1. The van der Waals surface area contributed by atoms with E-state index in [-0.39, 0.29) is 29.7 Å². The van der Waals surface area contributed by atoms with Gasteiger partial charge in [0.25, 0.3) is 0 Å². The maximum atomic E-state index is 6.56. The third-order valence-electron chi connectivity index (χ3n) is 8.02. The summed E-state index contributed by atoms with van der Waals surface area (Å²) in [6.45, 7) is 73.6. The van der Waals surface area contributed by atoms with Gasteiger partial charge in [0.2, 0.25) is 0 Å². The van der Waals surface area contributed by atoms with Crippen LogP contribution in [0.2, 0.25) is 222 Å². The summed E-state index contributed by atoms with van der Waals surface area (Å²) in [5.41, 5.74) is 0. The molecule has 14 nitrogen and oxygen atoms in total. The SMILES string of the molecule is C.C.C.C.CO[SiH](C)C.CO[SiH](C)C.C[Si](C)(C)O[Si](C)(CCCOCCOCCC[Si](C)(O[Si](C)(C)C)O[Si](C)(C)C)O[Si](C)(C)C.C[Si](C)(C)O[Si](C)(OCCO[Si](C)(O[Si](C)(C)C)O[Si](C)(C)C)O[Si](C)(C)C. The summed E-state index contributed by atoms with van der Waals surface area (Å²) >= 11 is 0. The summed E-state index contributed by atoms with van der Waals surface area (Å²) in [6.07, 6.45) is 1.95. The Labute approximate surface area is 494 Å². The molecule has 0 radical (unpaired) electrons. The molecule has 0 aliphatic carbocycles. The van der Waals surface area contributed by atoms with Crippen LogP contribution in [-0.2, 0) is 60.1 Å². The van der Waals surface area contributed by atoms with Gasteiger partial charge in [-0.05, 0) is 221 Å². The largest absolute Gasteiger partial charge is 0.476 e. The zero-order valence-electron chi connectivity index (χ0n) is 53.9. The molecule has 0 aliphatic heterocycles. The predicted molar refractivity (Wildman–Crippen MR) is 373 cm³/mol. The Kier molecular flexibility index (Phi) is 51.8. The van der Waals surface area contributed by atoms with Gasteiger partial charge in [-0.25, -0.2) is 0 Å². The van der Waals surface area contributed by atoms with Crippen LogP contribution in [0.25, 0.3) is 0 Å². The van der Waals surface area contributed by atoms with Gasteiger partial charge in [-0.3, -0.25) is 0 Å². The smallest absolute Gasteiger partial charge is 0.437 e. The zero-order valence-corrected chi connectivity index (χ0v) is 68.3. The van der Waals surface area contributed by atoms with Gasteiger partial charge in [0.15, 0.2) is 84.6 Å². The molecular formula is C48H140O14Si14. The predicted octanol–water partition coefficient (Wildman–Crippen LogP) is 16.7. The minimum atomic E-state index is -2.72. The van der Waals surface area contributed by atoms with Gasteiger partial charge in [-0.2, -0.15) is 0 Å². The summed E-state index contributed by atoms with van der Waals surface area (Å²) in [5, 5.41) is 0. The van der Waals surface area contributed by atoms with Crippen LogP contribution in [0.3, 0.4) is 0 Å². The second kappa shape index (κ2) is 41.5. The molecule has 0 aliphatic rings. The first-order chi connectivity index (χ1) is 31.6. The monoisotopic (exact) mass is 1330 g/mol. The molecule has 0 spiro atoms. The van der Waals surface area contributed by atoms with Gasteiger partial charge in [0.05, 0.1) is 26.4 Å². The van der Waals surface area contributed by atoms with Crippen molar-refractivity contribution in [2.75, 3.05) is 53.9 Å². The summed E-state index contributed by atoms with van der Waals surface area (Å²) in [4.78, 5) is 0. The van der Waals surface area contributed by atoms with Crippen molar-refractivity contribution >= 4 is 119 Å². The fourth-order valence-electron chi connectivity index (χ4n) is 6.99. The molecule has 0 heterocycles. The summed E-state index contributed by atoms with van der Waals surface area (Å²) in [6, 6.07) is 1.97. The standard InChI is InChI=1S/C22H58O6Si6.C16H46O6Si6.2C3H10OSi.4CH4/c1-29(2,3)25-33(13,26-30(4,5)6)21-15-17-23-19-20-24-18-16-22-34(14,27-31(7,8)9)28-32(10,11)12;1-23(2,3)19-27(13,20-24(4,5)6)17-15-16-18-28(14,21-25(7,8)9)22-26(10,11)12;2*1-4-5(2)3;;;;/h15-22H2,1-14H3;15-16H2,1-14H3;2*5H,1-3H3;4*1H4. The van der Waals surface area contributed by atoms with Crippen LogP contribution in [0.5, 0.6) is 0 Å². The van der Waals surface area contributed by atoms with E-state index in [1.165, 1.54) is 0 Å². The Bertz CT molecular complexity index is 1210. The Balaban J connectivity index is -0.000000166. The Hall–Kier alpha value is 2.48. The van der Waals surface area contributed by atoms with Crippen LogP contribution >= 0.6 is 0 Å². The molecule has 0 unspecified atom stereocenters. The quantitative estimate of drug-likeness (QED) is 0.0448. The molecule has 0 N–H and O–H groups in total. The van der Waals surface area contributed by atoms with Crippen LogP contribution in [0.4, 0.5) is 0 Å². The van der Waals surface area contributed by atoms with Crippen molar-refractivity contribution in [3.63, 3.8) is 0 Å². The first-order valence-electron chi connectivity index (χ1n) is 26.7. The van der Waals surface area contributed by atoms with E-state index in [0.717, 1.165) is 38.1 Å². The molecule has 0 saturated carbocycles. The van der Waals surface area contributed by atoms with Crippen LogP contribution in [-0.4, -0.2) is 173 Å². The number of ether oxygens (including phenoxy) is 2. The van der Waals surface area contributed by atoms with Crippen LogP contribution < -0.4 is 0 Å². The second-order valence-corrected chi connectivity index (χ2v) is 82.4. The van der Waals surface area contributed by atoms with E-state index in [2.05, 4.69) is 196 Å². The number of hydrogen-bond acceptors (Lipinski definition) is 14. The third kappa shape index (κ3) is 70.7. The summed E-state index contributed by atoms with van der Waals surface area (Å²) < 4.78 is 85.6. The fourth-order valence-corrected chi connectivity index (χ4v) is 52.7. The average Bonchev–Trinajstić information content (AvgIpc) is 3.05. The van der Waals surface area contributed by atoms with Gasteiger partial charge in [0, 0.05) is 40.5 Å². The van der Waals surface area contributed by atoms with Crippen molar-refractivity contribution in [3.8, 4) is 0 Å². The van der Waals surface area contributed by atoms with Crippen LogP contribution in [0.1, 0.15) is 42.5 Å². The molecule has 76 heavy (non-hydrogen) atoms. The van der Waals surface area contributed by atoms with E-state index in [1.807, 2.05) is 13.1 Å². The summed E-state index contributed by atoms with van der Waals surface area (Å²) in [5.74, 6) is 0. The van der Waals surface area contributed by atoms with E-state index < -0.39 is 119 Å². The van der Waals surface area contributed by atoms with Crippen molar-refractivity contribution in [1.82, 2.24) is 0 Å². The molecule has 28 heteroatoms. The lowest BCUT2D eigenvalue weighted by Crippen LogP contribution is -2.56. The minimum Gasteiger partial charge on any atom is -0.437 e. The van der Waals surface area contributed by atoms with Crippen molar-refractivity contribution < 1.29 is 60.1 Å². The van der Waals surface area contributed by atoms with Crippen LogP contribution in [0.15, 0.2) is 0 Å². The molecule has 0 aromatic heterocycles. The fraction of sp³-hybridized carbons (Fsp3) is 1.00. The maximum Gasteiger partial charge on any atom is 0.476 e. The number of hydrogen-bond donors (Lipinski definition) is 0. The molecule has 0 rings (SSSR count). The van der Waals surface area contributed by atoms with Gasteiger partial charge in [-0.15, -0.1) is 0 Å². The maximum absolute atomic E-state index is 6.56.